The van der Waals surface area contributed by atoms with Gasteiger partial charge in [-0.1, -0.05) is 42.6 Å². The molecule has 0 saturated carbocycles. The third kappa shape index (κ3) is 3.08. The SMILES string of the molecule is CCCCC(CC)C(=O)c1c[nH]c2ccc(Br)cc12. The Morgan fingerprint density at radius 2 is 2.16 bits per heavy atom. The number of H-pyrrole nitrogens is 1. The van der Waals surface area contributed by atoms with Crippen LogP contribution in [-0.2, 0) is 0 Å². The van der Waals surface area contributed by atoms with Crippen LogP contribution in [0.3, 0.4) is 0 Å². The summed E-state index contributed by atoms with van der Waals surface area (Å²) >= 11 is 3.47. The van der Waals surface area contributed by atoms with Gasteiger partial charge in [-0.15, -0.1) is 0 Å². The van der Waals surface area contributed by atoms with Gasteiger partial charge < -0.3 is 4.98 Å². The van der Waals surface area contributed by atoms with Gasteiger partial charge in [0.05, 0.1) is 0 Å². The minimum Gasteiger partial charge on any atom is -0.360 e. The molecule has 102 valence electrons. The van der Waals surface area contributed by atoms with Crippen LogP contribution in [-0.4, -0.2) is 10.8 Å². The molecule has 19 heavy (non-hydrogen) atoms. The number of nitrogens with one attached hydrogen (secondary N) is 1. The van der Waals surface area contributed by atoms with E-state index in [9.17, 15) is 4.79 Å². The highest BCUT2D eigenvalue weighted by molar-refractivity contribution is 9.10. The summed E-state index contributed by atoms with van der Waals surface area (Å²) in [5.74, 6) is 0.429. The number of carbonyl (C=O) groups excluding carboxylic acids is 1. The summed E-state index contributed by atoms with van der Waals surface area (Å²) in [6.45, 7) is 4.27. The largest absolute Gasteiger partial charge is 0.360 e. The van der Waals surface area contributed by atoms with Crippen LogP contribution in [0.2, 0.25) is 0 Å². The van der Waals surface area contributed by atoms with Gasteiger partial charge in [-0.05, 0) is 31.0 Å². The summed E-state index contributed by atoms with van der Waals surface area (Å²) in [7, 11) is 0. The van der Waals surface area contributed by atoms with Crippen molar-refractivity contribution in [2.45, 2.75) is 39.5 Å². The van der Waals surface area contributed by atoms with Gasteiger partial charge in [0.15, 0.2) is 5.78 Å². The number of benzene rings is 1. The van der Waals surface area contributed by atoms with E-state index in [0.29, 0.717) is 0 Å². The first-order valence-electron chi connectivity index (χ1n) is 6.98. The molecule has 0 radical (unpaired) electrons. The molecule has 2 aromatic rings. The fourth-order valence-corrected chi connectivity index (χ4v) is 2.85. The van der Waals surface area contributed by atoms with Crippen molar-refractivity contribution >= 4 is 32.6 Å². The zero-order chi connectivity index (χ0) is 13.8. The quantitative estimate of drug-likeness (QED) is 0.716. The van der Waals surface area contributed by atoms with Crippen molar-refractivity contribution in [2.75, 3.05) is 0 Å². The van der Waals surface area contributed by atoms with Crippen LogP contribution in [0.5, 0.6) is 0 Å². The summed E-state index contributed by atoms with van der Waals surface area (Å²) in [5.41, 5.74) is 1.86. The molecule has 1 N–H and O–H groups in total. The molecular formula is C16H20BrNO. The van der Waals surface area contributed by atoms with E-state index in [1.165, 1.54) is 0 Å². The lowest BCUT2D eigenvalue weighted by Gasteiger charge is -2.12. The summed E-state index contributed by atoms with van der Waals surface area (Å²) < 4.78 is 1.01. The summed E-state index contributed by atoms with van der Waals surface area (Å²) in [5, 5.41) is 1.02. The number of carbonyl (C=O) groups is 1. The van der Waals surface area contributed by atoms with Gasteiger partial charge in [-0.2, -0.15) is 0 Å². The zero-order valence-electron chi connectivity index (χ0n) is 11.5. The predicted molar refractivity (Wildman–Crippen MR) is 83.6 cm³/mol. The number of ketones is 1. The van der Waals surface area contributed by atoms with Crippen molar-refractivity contribution in [1.82, 2.24) is 4.98 Å². The monoisotopic (exact) mass is 321 g/mol. The van der Waals surface area contributed by atoms with Gasteiger partial charge in [0.2, 0.25) is 0 Å². The van der Waals surface area contributed by atoms with Gasteiger partial charge in [-0.3, -0.25) is 4.79 Å². The lowest BCUT2D eigenvalue weighted by Crippen LogP contribution is -2.13. The van der Waals surface area contributed by atoms with E-state index in [0.717, 1.165) is 46.6 Å². The van der Waals surface area contributed by atoms with Crippen molar-refractivity contribution in [1.29, 1.82) is 0 Å². The van der Waals surface area contributed by atoms with E-state index in [1.54, 1.807) is 0 Å². The van der Waals surface area contributed by atoms with Crippen LogP contribution in [0.4, 0.5) is 0 Å². The normalized spacial score (nSPS) is 12.8. The molecular weight excluding hydrogens is 302 g/mol. The van der Waals surface area contributed by atoms with Crippen molar-refractivity contribution in [3.63, 3.8) is 0 Å². The topological polar surface area (TPSA) is 32.9 Å². The third-order valence-electron chi connectivity index (χ3n) is 3.68. The predicted octanol–water partition coefficient (Wildman–Crippen LogP) is 5.33. The molecule has 1 aromatic heterocycles. The lowest BCUT2D eigenvalue weighted by atomic mass is 9.90. The Hall–Kier alpha value is -1.09. The molecule has 1 heterocycles. The second-order valence-electron chi connectivity index (χ2n) is 5.00. The Bertz CT molecular complexity index is 573. The highest BCUT2D eigenvalue weighted by Crippen LogP contribution is 2.27. The van der Waals surface area contributed by atoms with E-state index in [2.05, 4.69) is 34.8 Å². The van der Waals surface area contributed by atoms with Gasteiger partial charge in [0.1, 0.15) is 0 Å². The van der Waals surface area contributed by atoms with E-state index in [4.69, 9.17) is 0 Å². The van der Waals surface area contributed by atoms with Crippen LogP contribution >= 0.6 is 15.9 Å². The zero-order valence-corrected chi connectivity index (χ0v) is 13.1. The molecule has 0 saturated heterocycles. The summed E-state index contributed by atoms with van der Waals surface area (Å²) in [4.78, 5) is 15.8. The first kappa shape index (κ1) is 14.3. The van der Waals surface area contributed by atoms with E-state index in [1.807, 2.05) is 24.4 Å². The van der Waals surface area contributed by atoms with Gasteiger partial charge in [0.25, 0.3) is 0 Å². The summed E-state index contributed by atoms with van der Waals surface area (Å²) in [6.07, 6.45) is 6.03. The average molecular weight is 322 g/mol. The van der Waals surface area contributed by atoms with Crippen LogP contribution in [0.25, 0.3) is 10.9 Å². The highest BCUT2D eigenvalue weighted by atomic mass is 79.9. The fourth-order valence-electron chi connectivity index (χ4n) is 2.49. The van der Waals surface area contributed by atoms with Gasteiger partial charge in [0, 0.05) is 33.1 Å². The molecule has 2 rings (SSSR count). The number of aromatic nitrogens is 1. The molecule has 0 aliphatic heterocycles. The minimum atomic E-state index is 0.151. The second kappa shape index (κ2) is 6.38. The van der Waals surface area contributed by atoms with Crippen LogP contribution in [0.15, 0.2) is 28.9 Å². The summed E-state index contributed by atoms with van der Waals surface area (Å²) in [6, 6.07) is 6.01. The Morgan fingerprint density at radius 3 is 2.84 bits per heavy atom. The molecule has 0 aliphatic rings. The molecule has 1 aromatic carbocycles. The van der Waals surface area contributed by atoms with Crippen LogP contribution in [0.1, 0.15) is 49.9 Å². The third-order valence-corrected chi connectivity index (χ3v) is 4.17. The van der Waals surface area contributed by atoms with E-state index < -0.39 is 0 Å². The molecule has 0 amide bonds. The molecule has 1 unspecified atom stereocenters. The second-order valence-corrected chi connectivity index (χ2v) is 5.92. The Morgan fingerprint density at radius 1 is 1.37 bits per heavy atom. The number of Topliss-reactive ketones (excluding diaryl/α,β-unsaturated/α-hetero) is 1. The van der Waals surface area contributed by atoms with Crippen molar-refractivity contribution < 1.29 is 4.79 Å². The Labute approximate surface area is 122 Å². The lowest BCUT2D eigenvalue weighted by molar-refractivity contribution is 0.0910. The number of halogens is 1. The fraction of sp³-hybridized carbons (Fsp3) is 0.438. The number of fused-ring (bicyclic) bond motifs is 1. The number of aromatic amines is 1. The molecule has 0 bridgehead atoms. The van der Waals surface area contributed by atoms with Crippen molar-refractivity contribution in [2.24, 2.45) is 5.92 Å². The maximum absolute atomic E-state index is 12.6. The minimum absolute atomic E-state index is 0.151. The van der Waals surface area contributed by atoms with Gasteiger partial charge in [-0.25, -0.2) is 0 Å². The number of hydrogen-bond acceptors (Lipinski definition) is 1. The maximum Gasteiger partial charge on any atom is 0.168 e. The molecule has 3 heteroatoms. The van der Waals surface area contributed by atoms with Crippen LogP contribution in [0, 0.1) is 5.92 Å². The first-order chi connectivity index (χ1) is 9.17. The van der Waals surface area contributed by atoms with E-state index in [-0.39, 0.29) is 11.7 Å². The highest BCUT2D eigenvalue weighted by Gasteiger charge is 2.20. The van der Waals surface area contributed by atoms with Crippen molar-refractivity contribution in [3.8, 4) is 0 Å². The van der Waals surface area contributed by atoms with Crippen molar-refractivity contribution in [3.05, 3.63) is 34.4 Å². The molecule has 0 fully saturated rings. The first-order valence-corrected chi connectivity index (χ1v) is 7.77. The van der Waals surface area contributed by atoms with E-state index >= 15 is 0 Å². The molecule has 0 aliphatic carbocycles. The smallest absolute Gasteiger partial charge is 0.168 e. The Balaban J connectivity index is 2.32. The van der Waals surface area contributed by atoms with Gasteiger partial charge >= 0.3 is 0 Å². The number of unbranched alkanes of at least 4 members (excludes halogenated alkanes) is 1. The molecule has 0 spiro atoms. The standard InChI is InChI=1S/C16H20BrNO/c1-3-5-6-11(4-2)16(19)14-10-18-15-8-7-12(17)9-13(14)15/h7-11,18H,3-6H2,1-2H3. The number of hydrogen-bond donors (Lipinski definition) is 1. The molecule has 2 nitrogen and oxygen atoms in total. The number of rotatable bonds is 6. The maximum atomic E-state index is 12.6. The molecule has 1 atom stereocenters. The van der Waals surface area contributed by atoms with Crippen LogP contribution < -0.4 is 0 Å². The Kier molecular flexibility index (Phi) is 4.81. The average Bonchev–Trinajstić information content (AvgIpc) is 2.82.